The minimum Gasteiger partial charge on any atom is -0.394 e. The largest absolute Gasteiger partial charge is 0.394 e. The quantitative estimate of drug-likeness (QED) is 0.816. The van der Waals surface area contributed by atoms with Crippen molar-refractivity contribution in [2.75, 3.05) is 11.9 Å². The summed E-state index contributed by atoms with van der Waals surface area (Å²) < 4.78 is 0. The maximum absolute atomic E-state index is 9.85. The summed E-state index contributed by atoms with van der Waals surface area (Å²) >= 11 is 6.02. The van der Waals surface area contributed by atoms with E-state index < -0.39 is 5.54 Å². The molecule has 21 heavy (non-hydrogen) atoms. The summed E-state index contributed by atoms with van der Waals surface area (Å²) in [4.78, 5) is 0. The van der Waals surface area contributed by atoms with Gasteiger partial charge in [-0.25, -0.2) is 0 Å². The van der Waals surface area contributed by atoms with E-state index in [4.69, 9.17) is 11.6 Å². The fourth-order valence-electron chi connectivity index (χ4n) is 2.42. The Morgan fingerprint density at radius 1 is 1.14 bits per heavy atom. The fourth-order valence-corrected chi connectivity index (χ4v) is 2.61. The van der Waals surface area contributed by atoms with Gasteiger partial charge in [-0.1, -0.05) is 55.3 Å². The zero-order chi connectivity index (χ0) is 15.3. The SMILES string of the molecule is CCCc1ccc(C(C)(CO)Nc2cccc(Cl)c2)cc1. The summed E-state index contributed by atoms with van der Waals surface area (Å²) in [7, 11) is 0. The number of halogens is 1. The summed E-state index contributed by atoms with van der Waals surface area (Å²) in [6.45, 7) is 4.17. The summed E-state index contributed by atoms with van der Waals surface area (Å²) in [6, 6.07) is 16.0. The molecule has 2 aromatic carbocycles. The van der Waals surface area contributed by atoms with Crippen molar-refractivity contribution in [1.29, 1.82) is 0 Å². The first-order valence-electron chi connectivity index (χ1n) is 7.31. The van der Waals surface area contributed by atoms with Crippen LogP contribution < -0.4 is 5.32 Å². The van der Waals surface area contributed by atoms with Crippen LogP contribution in [-0.2, 0) is 12.0 Å². The number of aliphatic hydroxyl groups is 1. The molecule has 0 aromatic heterocycles. The van der Waals surface area contributed by atoms with Gasteiger partial charge in [0.15, 0.2) is 0 Å². The Morgan fingerprint density at radius 3 is 2.43 bits per heavy atom. The molecule has 0 heterocycles. The highest BCUT2D eigenvalue weighted by molar-refractivity contribution is 6.30. The molecular formula is C18H22ClNO. The summed E-state index contributed by atoms with van der Waals surface area (Å²) in [5.74, 6) is 0. The van der Waals surface area contributed by atoms with Gasteiger partial charge in [0.05, 0.1) is 12.1 Å². The van der Waals surface area contributed by atoms with Crippen molar-refractivity contribution in [2.45, 2.75) is 32.2 Å². The van der Waals surface area contributed by atoms with Crippen LogP contribution in [0.3, 0.4) is 0 Å². The molecule has 0 saturated heterocycles. The van der Waals surface area contributed by atoms with E-state index in [-0.39, 0.29) is 6.61 Å². The molecule has 0 aliphatic carbocycles. The molecule has 112 valence electrons. The fraction of sp³-hybridized carbons (Fsp3) is 0.333. The Morgan fingerprint density at radius 2 is 1.86 bits per heavy atom. The molecular weight excluding hydrogens is 282 g/mol. The van der Waals surface area contributed by atoms with E-state index in [1.807, 2.05) is 31.2 Å². The van der Waals surface area contributed by atoms with Crippen LogP contribution in [0, 0.1) is 0 Å². The molecule has 2 nitrogen and oxygen atoms in total. The van der Waals surface area contributed by atoms with Gasteiger partial charge in [-0.05, 0) is 42.7 Å². The topological polar surface area (TPSA) is 32.3 Å². The number of aliphatic hydroxyl groups excluding tert-OH is 1. The lowest BCUT2D eigenvalue weighted by Crippen LogP contribution is -2.35. The Bertz CT molecular complexity index is 582. The number of anilines is 1. The van der Waals surface area contributed by atoms with Crippen molar-refractivity contribution < 1.29 is 5.11 Å². The number of benzene rings is 2. The van der Waals surface area contributed by atoms with Crippen LogP contribution in [0.15, 0.2) is 48.5 Å². The van der Waals surface area contributed by atoms with Crippen molar-refractivity contribution in [3.8, 4) is 0 Å². The number of hydrogen-bond acceptors (Lipinski definition) is 2. The van der Waals surface area contributed by atoms with Crippen LogP contribution >= 0.6 is 11.6 Å². The molecule has 0 amide bonds. The van der Waals surface area contributed by atoms with Crippen LogP contribution in [0.2, 0.25) is 5.02 Å². The Labute approximate surface area is 131 Å². The molecule has 2 rings (SSSR count). The lowest BCUT2D eigenvalue weighted by molar-refractivity contribution is 0.224. The third-order valence-corrected chi connectivity index (χ3v) is 3.93. The molecule has 0 aliphatic rings. The Kier molecular flexibility index (Phi) is 5.27. The second kappa shape index (κ2) is 6.97. The van der Waals surface area contributed by atoms with E-state index in [0.717, 1.165) is 24.1 Å². The van der Waals surface area contributed by atoms with Crippen molar-refractivity contribution in [1.82, 2.24) is 0 Å². The van der Waals surface area contributed by atoms with Crippen molar-refractivity contribution in [3.05, 3.63) is 64.7 Å². The van der Waals surface area contributed by atoms with Crippen molar-refractivity contribution in [2.24, 2.45) is 0 Å². The maximum atomic E-state index is 9.85. The second-order valence-electron chi connectivity index (χ2n) is 5.57. The lowest BCUT2D eigenvalue weighted by Gasteiger charge is -2.31. The molecule has 2 aromatic rings. The molecule has 2 N–H and O–H groups in total. The van der Waals surface area contributed by atoms with Gasteiger partial charge in [-0.2, -0.15) is 0 Å². The van der Waals surface area contributed by atoms with Crippen molar-refractivity contribution in [3.63, 3.8) is 0 Å². The number of aryl methyl sites for hydroxylation is 1. The Balaban J connectivity index is 2.23. The first-order valence-corrected chi connectivity index (χ1v) is 7.69. The predicted octanol–water partition coefficient (Wildman–Crippen LogP) is 4.61. The average Bonchev–Trinajstić information content (AvgIpc) is 2.48. The van der Waals surface area contributed by atoms with Crippen LogP contribution in [0.5, 0.6) is 0 Å². The zero-order valence-corrected chi connectivity index (χ0v) is 13.3. The molecule has 0 spiro atoms. The average molecular weight is 304 g/mol. The van der Waals surface area contributed by atoms with E-state index in [9.17, 15) is 5.11 Å². The van der Waals surface area contributed by atoms with Crippen molar-refractivity contribution >= 4 is 17.3 Å². The summed E-state index contributed by atoms with van der Waals surface area (Å²) in [6.07, 6.45) is 2.22. The first kappa shape index (κ1) is 15.9. The second-order valence-corrected chi connectivity index (χ2v) is 6.01. The molecule has 0 aliphatic heterocycles. The van der Waals surface area contributed by atoms with Crippen LogP contribution in [-0.4, -0.2) is 11.7 Å². The smallest absolute Gasteiger partial charge is 0.0828 e. The van der Waals surface area contributed by atoms with E-state index in [0.29, 0.717) is 5.02 Å². The highest BCUT2D eigenvalue weighted by atomic mass is 35.5. The zero-order valence-electron chi connectivity index (χ0n) is 12.6. The molecule has 0 radical (unpaired) electrons. The van der Waals surface area contributed by atoms with E-state index >= 15 is 0 Å². The van der Waals surface area contributed by atoms with Gasteiger partial charge in [-0.3, -0.25) is 0 Å². The molecule has 0 bridgehead atoms. The molecule has 1 unspecified atom stereocenters. The normalized spacial score (nSPS) is 13.7. The molecule has 1 atom stereocenters. The van der Waals surface area contributed by atoms with E-state index in [2.05, 4.69) is 36.5 Å². The summed E-state index contributed by atoms with van der Waals surface area (Å²) in [5, 5.41) is 13.9. The van der Waals surface area contributed by atoms with Gasteiger partial charge >= 0.3 is 0 Å². The molecule has 0 saturated carbocycles. The number of nitrogens with one attached hydrogen (secondary N) is 1. The maximum Gasteiger partial charge on any atom is 0.0828 e. The monoisotopic (exact) mass is 303 g/mol. The third kappa shape index (κ3) is 3.99. The molecule has 0 fully saturated rings. The molecule has 3 heteroatoms. The van der Waals surface area contributed by atoms with Gasteiger partial charge in [-0.15, -0.1) is 0 Å². The van der Waals surface area contributed by atoms with Gasteiger partial charge in [0, 0.05) is 10.7 Å². The van der Waals surface area contributed by atoms with Gasteiger partial charge < -0.3 is 10.4 Å². The Hall–Kier alpha value is -1.51. The highest BCUT2D eigenvalue weighted by Gasteiger charge is 2.25. The number of rotatable bonds is 6. The van der Waals surface area contributed by atoms with Crippen LogP contribution in [0.25, 0.3) is 0 Å². The van der Waals surface area contributed by atoms with Gasteiger partial charge in [0.1, 0.15) is 0 Å². The van der Waals surface area contributed by atoms with Crippen LogP contribution in [0.1, 0.15) is 31.4 Å². The number of hydrogen-bond donors (Lipinski definition) is 2. The first-order chi connectivity index (χ1) is 10.1. The predicted molar refractivity (Wildman–Crippen MR) is 89.9 cm³/mol. The lowest BCUT2D eigenvalue weighted by atomic mass is 9.91. The van der Waals surface area contributed by atoms with Gasteiger partial charge in [0.2, 0.25) is 0 Å². The minimum absolute atomic E-state index is 0.00659. The van der Waals surface area contributed by atoms with Gasteiger partial charge in [0.25, 0.3) is 0 Å². The van der Waals surface area contributed by atoms with E-state index in [1.165, 1.54) is 5.56 Å². The third-order valence-electron chi connectivity index (χ3n) is 3.69. The van der Waals surface area contributed by atoms with E-state index in [1.54, 1.807) is 0 Å². The minimum atomic E-state index is -0.532. The highest BCUT2D eigenvalue weighted by Crippen LogP contribution is 2.27. The summed E-state index contributed by atoms with van der Waals surface area (Å²) in [5.41, 5.74) is 2.75. The standard InChI is InChI=1S/C18H22ClNO/c1-3-5-14-8-10-15(11-9-14)18(2,13-21)20-17-7-4-6-16(19)12-17/h4,6-12,20-21H,3,5,13H2,1-2H3. The van der Waals surface area contributed by atoms with Crippen LogP contribution in [0.4, 0.5) is 5.69 Å².